The fourth-order valence-electron chi connectivity index (χ4n) is 2.13. The third-order valence-corrected chi connectivity index (χ3v) is 3.17. The van der Waals surface area contributed by atoms with E-state index in [1.165, 1.54) is 12.0 Å². The zero-order chi connectivity index (χ0) is 14.9. The van der Waals surface area contributed by atoms with Crippen LogP contribution in [0.2, 0.25) is 0 Å². The van der Waals surface area contributed by atoms with Gasteiger partial charge in [-0.25, -0.2) is 9.78 Å². The lowest BCUT2D eigenvalue weighted by Crippen LogP contribution is -2.26. The Bertz CT molecular complexity index is 519. The van der Waals surface area contributed by atoms with E-state index in [0.29, 0.717) is 25.6 Å². The monoisotopic (exact) mass is 290 g/mol. The van der Waals surface area contributed by atoms with Crippen molar-refractivity contribution in [1.29, 1.82) is 0 Å². The molecule has 1 aliphatic heterocycles. The van der Waals surface area contributed by atoms with Crippen LogP contribution >= 0.6 is 0 Å². The second-order valence-corrected chi connectivity index (χ2v) is 4.46. The zero-order valence-corrected chi connectivity index (χ0v) is 10.6. The van der Waals surface area contributed by atoms with E-state index in [1.54, 1.807) is 0 Å². The first kappa shape index (κ1) is 14.6. The Morgan fingerprint density at radius 2 is 2.20 bits per heavy atom. The number of carbonyl (C=O) groups is 1. The average molecular weight is 290 g/mol. The molecule has 1 fully saturated rings. The van der Waals surface area contributed by atoms with Gasteiger partial charge in [0.25, 0.3) is 0 Å². The molecule has 1 N–H and O–H groups in total. The van der Waals surface area contributed by atoms with Crippen LogP contribution in [0.25, 0.3) is 0 Å². The molecule has 0 aromatic carbocycles. The highest BCUT2D eigenvalue weighted by Crippen LogP contribution is 2.31. The molecule has 0 aliphatic carbocycles. The van der Waals surface area contributed by atoms with Gasteiger partial charge in [0.05, 0.1) is 6.10 Å². The maximum atomic E-state index is 12.7. The predicted octanol–water partition coefficient (Wildman–Crippen LogP) is 2.02. The first-order valence-electron chi connectivity index (χ1n) is 5.92. The second-order valence-electron chi connectivity index (χ2n) is 4.46. The van der Waals surface area contributed by atoms with Gasteiger partial charge in [0.2, 0.25) is 0 Å². The maximum absolute atomic E-state index is 12.7. The number of hydrogen-bond acceptors (Lipinski definition) is 4. The SMILES string of the molecule is COC1CCN(c2nc(C(F)(F)F)ccc2C(=O)O)C1. The summed E-state index contributed by atoms with van der Waals surface area (Å²) in [7, 11) is 1.51. The number of aromatic carboxylic acids is 1. The molecule has 110 valence electrons. The van der Waals surface area contributed by atoms with Crippen LogP contribution in [0.5, 0.6) is 0 Å². The molecule has 2 rings (SSSR count). The summed E-state index contributed by atoms with van der Waals surface area (Å²) in [6, 6.07) is 1.62. The van der Waals surface area contributed by atoms with E-state index in [0.717, 1.165) is 6.07 Å². The van der Waals surface area contributed by atoms with Crippen molar-refractivity contribution in [3.8, 4) is 0 Å². The number of carboxylic acid groups (broad SMARTS) is 1. The molecule has 5 nitrogen and oxygen atoms in total. The van der Waals surface area contributed by atoms with Crippen molar-refractivity contribution in [2.75, 3.05) is 25.1 Å². The predicted molar refractivity (Wildman–Crippen MR) is 63.8 cm³/mol. The van der Waals surface area contributed by atoms with Crippen LogP contribution < -0.4 is 4.90 Å². The Hall–Kier alpha value is -1.83. The molecule has 1 saturated heterocycles. The summed E-state index contributed by atoms with van der Waals surface area (Å²) >= 11 is 0. The summed E-state index contributed by atoms with van der Waals surface area (Å²) in [6.45, 7) is 0.734. The number of aromatic nitrogens is 1. The standard InChI is InChI=1S/C12H13F3N2O3/c1-20-7-4-5-17(6-7)10-8(11(18)19)2-3-9(16-10)12(13,14)15/h2-3,7H,4-6H2,1H3,(H,18,19). The molecule has 0 radical (unpaired) electrons. The second kappa shape index (κ2) is 5.28. The number of nitrogens with zero attached hydrogens (tertiary/aromatic N) is 2. The van der Waals surface area contributed by atoms with E-state index in [-0.39, 0.29) is 17.5 Å². The normalized spacial score (nSPS) is 19.4. The molecule has 0 bridgehead atoms. The third-order valence-electron chi connectivity index (χ3n) is 3.17. The van der Waals surface area contributed by atoms with E-state index in [1.807, 2.05) is 0 Å². The number of methoxy groups -OCH3 is 1. The van der Waals surface area contributed by atoms with Crippen molar-refractivity contribution in [2.45, 2.75) is 18.7 Å². The molecule has 0 amide bonds. The highest BCUT2D eigenvalue weighted by atomic mass is 19.4. The molecule has 0 saturated carbocycles. The van der Waals surface area contributed by atoms with Crippen molar-refractivity contribution in [2.24, 2.45) is 0 Å². The fourth-order valence-corrected chi connectivity index (χ4v) is 2.13. The van der Waals surface area contributed by atoms with Gasteiger partial charge in [-0.1, -0.05) is 0 Å². The molecule has 1 aliphatic rings. The Kier molecular flexibility index (Phi) is 3.85. The smallest absolute Gasteiger partial charge is 0.433 e. The van der Waals surface area contributed by atoms with Crippen LogP contribution in [0, 0.1) is 0 Å². The summed E-state index contributed by atoms with van der Waals surface area (Å²) < 4.78 is 43.2. The first-order chi connectivity index (χ1) is 9.32. The molecule has 2 heterocycles. The largest absolute Gasteiger partial charge is 0.478 e. The van der Waals surface area contributed by atoms with Gasteiger partial charge in [-0.15, -0.1) is 0 Å². The first-order valence-corrected chi connectivity index (χ1v) is 5.92. The van der Waals surface area contributed by atoms with Gasteiger partial charge in [-0.2, -0.15) is 13.2 Å². The van der Waals surface area contributed by atoms with Gasteiger partial charge < -0.3 is 14.7 Å². The lowest BCUT2D eigenvalue weighted by atomic mass is 10.2. The Morgan fingerprint density at radius 1 is 1.50 bits per heavy atom. The summed E-state index contributed by atoms with van der Waals surface area (Å²) in [5.41, 5.74) is -1.34. The number of carboxylic acids is 1. The quantitative estimate of drug-likeness (QED) is 0.922. The summed E-state index contributed by atoms with van der Waals surface area (Å²) in [4.78, 5) is 16.1. The lowest BCUT2D eigenvalue weighted by Gasteiger charge is -2.20. The molecule has 20 heavy (non-hydrogen) atoms. The van der Waals surface area contributed by atoms with Gasteiger partial charge in [0, 0.05) is 20.2 Å². The molecule has 0 spiro atoms. The summed E-state index contributed by atoms with van der Waals surface area (Å²) in [5, 5.41) is 9.06. The third kappa shape index (κ3) is 2.84. The Morgan fingerprint density at radius 3 is 2.70 bits per heavy atom. The van der Waals surface area contributed by atoms with Crippen molar-refractivity contribution in [1.82, 2.24) is 4.98 Å². The van der Waals surface area contributed by atoms with Gasteiger partial charge in [0.15, 0.2) is 0 Å². The lowest BCUT2D eigenvalue weighted by molar-refractivity contribution is -0.141. The van der Waals surface area contributed by atoms with Crippen LogP contribution in [0.4, 0.5) is 19.0 Å². The molecule has 8 heteroatoms. The van der Waals surface area contributed by atoms with Crippen LogP contribution in [-0.4, -0.2) is 42.4 Å². The maximum Gasteiger partial charge on any atom is 0.433 e. The average Bonchev–Trinajstić information content (AvgIpc) is 2.85. The Balaban J connectivity index is 2.40. The van der Waals surface area contributed by atoms with Crippen LogP contribution in [0.15, 0.2) is 12.1 Å². The molecule has 1 unspecified atom stereocenters. The van der Waals surface area contributed by atoms with E-state index in [4.69, 9.17) is 9.84 Å². The minimum absolute atomic E-state index is 0.131. The minimum Gasteiger partial charge on any atom is -0.478 e. The number of ether oxygens (including phenoxy) is 1. The number of rotatable bonds is 3. The number of pyridine rings is 1. The van der Waals surface area contributed by atoms with Gasteiger partial charge in [-0.3, -0.25) is 0 Å². The molecule has 1 aromatic heterocycles. The van der Waals surface area contributed by atoms with Gasteiger partial charge in [-0.05, 0) is 18.6 Å². The van der Waals surface area contributed by atoms with Crippen LogP contribution in [0.3, 0.4) is 0 Å². The number of anilines is 1. The minimum atomic E-state index is -4.60. The number of hydrogen-bond donors (Lipinski definition) is 1. The van der Waals surface area contributed by atoms with Crippen molar-refractivity contribution >= 4 is 11.8 Å². The van der Waals surface area contributed by atoms with E-state index in [2.05, 4.69) is 4.98 Å². The summed E-state index contributed by atoms with van der Waals surface area (Å²) in [6.07, 6.45) is -4.12. The highest BCUT2D eigenvalue weighted by molar-refractivity contribution is 5.93. The molecular weight excluding hydrogens is 277 g/mol. The number of halogens is 3. The van der Waals surface area contributed by atoms with Crippen molar-refractivity contribution < 1.29 is 27.8 Å². The van der Waals surface area contributed by atoms with E-state index in [9.17, 15) is 18.0 Å². The van der Waals surface area contributed by atoms with Gasteiger partial charge >= 0.3 is 12.1 Å². The van der Waals surface area contributed by atoms with E-state index < -0.39 is 17.8 Å². The fraction of sp³-hybridized carbons (Fsp3) is 0.500. The van der Waals surface area contributed by atoms with Crippen molar-refractivity contribution in [3.05, 3.63) is 23.4 Å². The zero-order valence-electron chi connectivity index (χ0n) is 10.6. The number of alkyl halides is 3. The topological polar surface area (TPSA) is 62.7 Å². The molecule has 1 atom stereocenters. The van der Waals surface area contributed by atoms with Crippen molar-refractivity contribution in [3.63, 3.8) is 0 Å². The molecule has 1 aromatic rings. The van der Waals surface area contributed by atoms with Gasteiger partial charge in [0.1, 0.15) is 17.1 Å². The Labute approximate surface area is 113 Å². The highest BCUT2D eigenvalue weighted by Gasteiger charge is 2.35. The molecular formula is C12H13F3N2O3. The summed E-state index contributed by atoms with van der Waals surface area (Å²) in [5.74, 6) is -1.46. The van der Waals surface area contributed by atoms with E-state index >= 15 is 0 Å². The van der Waals surface area contributed by atoms with Crippen LogP contribution in [-0.2, 0) is 10.9 Å². The van der Waals surface area contributed by atoms with Crippen LogP contribution in [0.1, 0.15) is 22.5 Å².